The van der Waals surface area contributed by atoms with Gasteiger partial charge in [-0.2, -0.15) is 4.80 Å². The average molecular weight is 419 g/mol. The summed E-state index contributed by atoms with van der Waals surface area (Å²) in [5.41, 5.74) is 4.46. The summed E-state index contributed by atoms with van der Waals surface area (Å²) in [4.78, 5) is 16.1. The van der Waals surface area contributed by atoms with Crippen molar-refractivity contribution in [1.82, 2.24) is 30.4 Å². The third-order valence-corrected chi connectivity index (χ3v) is 5.84. The molecule has 1 aromatic heterocycles. The van der Waals surface area contributed by atoms with Gasteiger partial charge in [0, 0.05) is 18.7 Å². The molecule has 0 unspecified atom stereocenters. The molecule has 0 radical (unpaired) electrons. The van der Waals surface area contributed by atoms with Gasteiger partial charge in [0.15, 0.2) is 0 Å². The number of likely N-dealkylation sites (tertiary alicyclic amines) is 1. The van der Waals surface area contributed by atoms with Gasteiger partial charge in [0.05, 0.1) is 0 Å². The van der Waals surface area contributed by atoms with E-state index in [2.05, 4.69) is 44.7 Å². The van der Waals surface area contributed by atoms with E-state index in [9.17, 15) is 4.79 Å². The Bertz CT molecular complexity index is 988. The van der Waals surface area contributed by atoms with E-state index < -0.39 is 0 Å². The summed E-state index contributed by atoms with van der Waals surface area (Å²) >= 11 is 0. The maximum atomic E-state index is 12.2. The molecule has 0 bridgehead atoms. The van der Waals surface area contributed by atoms with Crippen LogP contribution in [-0.4, -0.2) is 44.1 Å². The highest BCUT2D eigenvalue weighted by molar-refractivity contribution is 5.75. The van der Waals surface area contributed by atoms with E-state index in [0.717, 1.165) is 23.6 Å². The lowest BCUT2D eigenvalue weighted by atomic mass is 9.99. The van der Waals surface area contributed by atoms with Crippen LogP contribution < -0.4 is 5.32 Å². The molecule has 1 aliphatic rings. The van der Waals surface area contributed by atoms with E-state index in [4.69, 9.17) is 0 Å². The number of nitrogens with one attached hydrogen (secondary N) is 1. The van der Waals surface area contributed by atoms with Crippen molar-refractivity contribution in [3.63, 3.8) is 0 Å². The molecule has 3 aromatic rings. The van der Waals surface area contributed by atoms with Crippen LogP contribution in [0.2, 0.25) is 0 Å². The minimum Gasteiger partial charge on any atom is -0.350 e. The van der Waals surface area contributed by atoms with Crippen LogP contribution in [0.25, 0.3) is 11.4 Å². The Morgan fingerprint density at radius 3 is 2.42 bits per heavy atom. The van der Waals surface area contributed by atoms with Crippen LogP contribution in [0, 0.1) is 12.8 Å². The number of rotatable bonds is 7. The summed E-state index contributed by atoms with van der Waals surface area (Å²) in [5, 5.41) is 15.4. The monoisotopic (exact) mass is 418 g/mol. The number of amides is 1. The summed E-state index contributed by atoms with van der Waals surface area (Å²) in [5.74, 6) is 1.23. The van der Waals surface area contributed by atoms with Crippen LogP contribution >= 0.6 is 0 Å². The molecule has 2 heterocycles. The minimum atomic E-state index is -0.143. The normalized spacial score (nSPS) is 15.2. The van der Waals surface area contributed by atoms with Crippen LogP contribution in [0.4, 0.5) is 0 Å². The molecule has 31 heavy (non-hydrogen) atoms. The molecular formula is C24H30N6O. The van der Waals surface area contributed by atoms with E-state index in [0.29, 0.717) is 12.4 Å². The Hall–Kier alpha value is -3.06. The second kappa shape index (κ2) is 9.83. The van der Waals surface area contributed by atoms with Gasteiger partial charge in [0.1, 0.15) is 6.54 Å². The number of benzene rings is 2. The van der Waals surface area contributed by atoms with Gasteiger partial charge in [-0.25, -0.2) is 0 Å². The third kappa shape index (κ3) is 5.98. The van der Waals surface area contributed by atoms with E-state index in [1.54, 1.807) is 0 Å². The smallest absolute Gasteiger partial charge is 0.243 e. The van der Waals surface area contributed by atoms with Crippen molar-refractivity contribution >= 4 is 5.91 Å². The fraction of sp³-hybridized carbons (Fsp3) is 0.417. The predicted molar refractivity (Wildman–Crippen MR) is 120 cm³/mol. The maximum absolute atomic E-state index is 12.2. The van der Waals surface area contributed by atoms with Crippen molar-refractivity contribution in [2.75, 3.05) is 13.1 Å². The first kappa shape index (κ1) is 21.2. The van der Waals surface area contributed by atoms with Crippen molar-refractivity contribution in [2.24, 2.45) is 5.92 Å². The topological polar surface area (TPSA) is 75.9 Å². The molecule has 1 N–H and O–H groups in total. The van der Waals surface area contributed by atoms with Gasteiger partial charge in [-0.05, 0) is 55.1 Å². The number of tetrazole rings is 1. The second-order valence-corrected chi connectivity index (χ2v) is 8.56. The van der Waals surface area contributed by atoms with Gasteiger partial charge < -0.3 is 5.32 Å². The van der Waals surface area contributed by atoms with Crippen molar-refractivity contribution in [2.45, 2.75) is 46.3 Å². The molecule has 7 heteroatoms. The number of aryl methyl sites for hydroxylation is 1. The van der Waals surface area contributed by atoms with E-state index in [1.807, 2.05) is 43.3 Å². The molecule has 0 spiro atoms. The van der Waals surface area contributed by atoms with Gasteiger partial charge >= 0.3 is 0 Å². The lowest BCUT2D eigenvalue weighted by Crippen LogP contribution is -2.32. The van der Waals surface area contributed by atoms with Crippen molar-refractivity contribution in [1.29, 1.82) is 0 Å². The Morgan fingerprint density at radius 1 is 1.03 bits per heavy atom. The first-order valence-electron chi connectivity index (χ1n) is 11.0. The van der Waals surface area contributed by atoms with Crippen LogP contribution in [-0.2, 0) is 24.4 Å². The second-order valence-electron chi connectivity index (χ2n) is 8.56. The molecule has 162 valence electrons. The minimum absolute atomic E-state index is 0.0460. The molecule has 0 aliphatic carbocycles. The van der Waals surface area contributed by atoms with E-state index in [-0.39, 0.29) is 12.5 Å². The standard InChI is InChI=1S/C24H30N6O/c1-18-3-5-20(6-4-18)15-25-23(31)17-30-27-24(26-28-30)22-9-7-21(8-10-22)16-29-13-11-19(2)12-14-29/h3-10,19H,11-17H2,1-2H3,(H,25,31). The van der Waals surface area contributed by atoms with Gasteiger partial charge in [-0.1, -0.05) is 61.0 Å². The summed E-state index contributed by atoms with van der Waals surface area (Å²) in [7, 11) is 0. The number of carbonyl (C=O) groups excluding carboxylic acids is 1. The molecule has 4 rings (SSSR count). The zero-order valence-corrected chi connectivity index (χ0v) is 18.3. The van der Waals surface area contributed by atoms with Gasteiger partial charge in [-0.15, -0.1) is 10.2 Å². The highest BCUT2D eigenvalue weighted by Crippen LogP contribution is 2.20. The highest BCUT2D eigenvalue weighted by Gasteiger charge is 2.16. The summed E-state index contributed by atoms with van der Waals surface area (Å²) in [6, 6.07) is 16.4. The highest BCUT2D eigenvalue weighted by atomic mass is 16.2. The lowest BCUT2D eigenvalue weighted by Gasteiger charge is -2.30. The number of carbonyl (C=O) groups is 1. The van der Waals surface area contributed by atoms with Crippen LogP contribution in [0.15, 0.2) is 48.5 Å². The summed E-state index contributed by atoms with van der Waals surface area (Å²) in [6.45, 7) is 8.23. The van der Waals surface area contributed by atoms with Crippen LogP contribution in [0.3, 0.4) is 0 Å². The molecule has 1 saturated heterocycles. The van der Waals surface area contributed by atoms with Gasteiger partial charge in [-0.3, -0.25) is 9.69 Å². The average Bonchev–Trinajstić information content (AvgIpc) is 3.24. The van der Waals surface area contributed by atoms with Crippen molar-refractivity contribution in [3.8, 4) is 11.4 Å². The molecule has 0 saturated carbocycles. The molecule has 7 nitrogen and oxygen atoms in total. The molecule has 1 aliphatic heterocycles. The first-order valence-corrected chi connectivity index (χ1v) is 11.0. The number of piperidine rings is 1. The molecular weight excluding hydrogens is 388 g/mol. The van der Waals surface area contributed by atoms with Crippen LogP contribution in [0.1, 0.15) is 36.5 Å². The van der Waals surface area contributed by atoms with Gasteiger partial charge in [0.25, 0.3) is 0 Å². The summed E-state index contributed by atoms with van der Waals surface area (Å²) < 4.78 is 0. The zero-order valence-electron chi connectivity index (χ0n) is 18.3. The largest absolute Gasteiger partial charge is 0.350 e. The number of aromatic nitrogens is 4. The number of hydrogen-bond acceptors (Lipinski definition) is 5. The molecule has 0 atom stereocenters. The summed E-state index contributed by atoms with van der Waals surface area (Å²) in [6.07, 6.45) is 2.56. The Labute approximate surface area is 183 Å². The quantitative estimate of drug-likeness (QED) is 0.638. The van der Waals surface area contributed by atoms with E-state index in [1.165, 1.54) is 41.9 Å². The fourth-order valence-electron chi connectivity index (χ4n) is 3.75. The fourth-order valence-corrected chi connectivity index (χ4v) is 3.75. The number of nitrogens with zero attached hydrogens (tertiary/aromatic N) is 5. The Morgan fingerprint density at radius 2 is 1.71 bits per heavy atom. The molecule has 1 amide bonds. The Kier molecular flexibility index (Phi) is 6.72. The predicted octanol–water partition coefficient (Wildman–Crippen LogP) is 3.20. The first-order chi connectivity index (χ1) is 15.0. The Balaban J connectivity index is 1.28. The van der Waals surface area contributed by atoms with E-state index >= 15 is 0 Å². The lowest BCUT2D eigenvalue weighted by molar-refractivity contribution is -0.122. The maximum Gasteiger partial charge on any atom is 0.243 e. The van der Waals surface area contributed by atoms with Crippen LogP contribution in [0.5, 0.6) is 0 Å². The van der Waals surface area contributed by atoms with Crippen molar-refractivity contribution < 1.29 is 4.79 Å². The molecule has 2 aromatic carbocycles. The zero-order chi connectivity index (χ0) is 21.6. The molecule has 1 fully saturated rings. The number of hydrogen-bond donors (Lipinski definition) is 1. The van der Waals surface area contributed by atoms with Crippen molar-refractivity contribution in [3.05, 3.63) is 65.2 Å². The van der Waals surface area contributed by atoms with Gasteiger partial charge in [0.2, 0.25) is 11.7 Å². The SMILES string of the molecule is Cc1ccc(CNC(=O)Cn2nnc(-c3ccc(CN4CCC(C)CC4)cc3)n2)cc1. The third-order valence-electron chi connectivity index (χ3n) is 5.84.